The minimum atomic E-state index is 0.0297. The topological polar surface area (TPSA) is 42.5 Å². The van der Waals surface area contributed by atoms with E-state index in [1.165, 1.54) is 0 Å². The van der Waals surface area contributed by atoms with Crippen LogP contribution < -0.4 is 20.1 Å². The molecule has 2 N–H and O–H groups in total. The van der Waals surface area contributed by atoms with E-state index in [0.29, 0.717) is 18.3 Å². The molecular formula is C19H23BrN2O2S. The average molecular weight is 423 g/mol. The van der Waals surface area contributed by atoms with Gasteiger partial charge in [0.25, 0.3) is 0 Å². The number of thiocarbonyl (C=S) groups is 1. The van der Waals surface area contributed by atoms with E-state index in [2.05, 4.69) is 33.5 Å². The van der Waals surface area contributed by atoms with Crippen molar-refractivity contribution in [2.45, 2.75) is 26.8 Å². The van der Waals surface area contributed by atoms with E-state index < -0.39 is 0 Å². The Kier molecular flexibility index (Phi) is 7.52. The third-order valence-electron chi connectivity index (χ3n) is 3.50. The molecule has 0 bridgehead atoms. The van der Waals surface area contributed by atoms with Crippen molar-refractivity contribution in [3.05, 3.63) is 52.5 Å². The fourth-order valence-electron chi connectivity index (χ4n) is 2.35. The predicted molar refractivity (Wildman–Crippen MR) is 111 cm³/mol. The molecule has 0 aliphatic rings. The third-order valence-corrected chi connectivity index (χ3v) is 4.21. The van der Waals surface area contributed by atoms with Crippen LogP contribution in [0.15, 0.2) is 46.9 Å². The number of halogens is 1. The summed E-state index contributed by atoms with van der Waals surface area (Å²) in [6.45, 7) is 7.17. The van der Waals surface area contributed by atoms with Gasteiger partial charge in [0.1, 0.15) is 0 Å². The highest BCUT2D eigenvalue weighted by atomic mass is 79.9. The zero-order valence-corrected chi connectivity index (χ0v) is 17.0. The Hall–Kier alpha value is -1.79. The van der Waals surface area contributed by atoms with Crippen LogP contribution in [0.5, 0.6) is 11.5 Å². The lowest BCUT2D eigenvalue weighted by atomic mass is 10.1. The van der Waals surface area contributed by atoms with Crippen molar-refractivity contribution >= 4 is 38.9 Å². The summed E-state index contributed by atoms with van der Waals surface area (Å²) >= 11 is 8.87. The highest BCUT2D eigenvalue weighted by Crippen LogP contribution is 2.30. The van der Waals surface area contributed by atoms with Crippen LogP contribution in [0.1, 0.15) is 32.4 Å². The molecule has 0 spiro atoms. The van der Waals surface area contributed by atoms with E-state index in [1.807, 2.05) is 56.3 Å². The predicted octanol–water partition coefficient (Wildman–Crippen LogP) is 5.29. The summed E-state index contributed by atoms with van der Waals surface area (Å²) in [4.78, 5) is 0. The lowest BCUT2D eigenvalue weighted by molar-refractivity contribution is 0.287. The lowest BCUT2D eigenvalue weighted by Crippen LogP contribution is -2.30. The minimum Gasteiger partial charge on any atom is -0.490 e. The molecule has 4 nitrogen and oxygen atoms in total. The van der Waals surface area contributed by atoms with Gasteiger partial charge in [0.15, 0.2) is 16.6 Å². The van der Waals surface area contributed by atoms with Crippen molar-refractivity contribution in [1.29, 1.82) is 0 Å². The van der Waals surface area contributed by atoms with Crippen LogP contribution in [-0.2, 0) is 0 Å². The zero-order valence-electron chi connectivity index (χ0n) is 14.6. The summed E-state index contributed by atoms with van der Waals surface area (Å²) in [6, 6.07) is 13.9. The van der Waals surface area contributed by atoms with Crippen LogP contribution in [0, 0.1) is 0 Å². The summed E-state index contributed by atoms with van der Waals surface area (Å²) < 4.78 is 12.3. The highest BCUT2D eigenvalue weighted by Gasteiger charge is 2.12. The number of anilines is 1. The van der Waals surface area contributed by atoms with Gasteiger partial charge in [-0.2, -0.15) is 0 Å². The Morgan fingerprint density at radius 3 is 2.48 bits per heavy atom. The van der Waals surface area contributed by atoms with Crippen molar-refractivity contribution in [1.82, 2.24) is 5.32 Å². The first-order valence-corrected chi connectivity index (χ1v) is 9.46. The number of hydrogen-bond donors (Lipinski definition) is 2. The number of ether oxygens (including phenoxy) is 2. The molecule has 0 unspecified atom stereocenters. The summed E-state index contributed by atoms with van der Waals surface area (Å²) in [5, 5.41) is 7.05. The molecule has 25 heavy (non-hydrogen) atoms. The maximum Gasteiger partial charge on any atom is 0.171 e. The van der Waals surface area contributed by atoms with Gasteiger partial charge in [-0.15, -0.1) is 0 Å². The molecule has 1 atom stereocenters. The van der Waals surface area contributed by atoms with E-state index in [-0.39, 0.29) is 6.04 Å². The molecule has 0 aliphatic heterocycles. The lowest BCUT2D eigenvalue weighted by Gasteiger charge is -2.19. The van der Waals surface area contributed by atoms with Gasteiger partial charge >= 0.3 is 0 Å². The summed E-state index contributed by atoms with van der Waals surface area (Å²) in [5.41, 5.74) is 2.01. The third kappa shape index (κ3) is 5.90. The number of rotatable bonds is 7. The molecular weight excluding hydrogens is 400 g/mol. The molecule has 6 heteroatoms. The zero-order chi connectivity index (χ0) is 18.2. The van der Waals surface area contributed by atoms with Crippen LogP contribution in [-0.4, -0.2) is 18.3 Å². The molecule has 0 heterocycles. The molecule has 2 aromatic carbocycles. The minimum absolute atomic E-state index is 0.0297. The van der Waals surface area contributed by atoms with E-state index >= 15 is 0 Å². The Morgan fingerprint density at radius 1 is 1.08 bits per heavy atom. The largest absolute Gasteiger partial charge is 0.490 e. The van der Waals surface area contributed by atoms with Gasteiger partial charge < -0.3 is 20.1 Å². The molecule has 0 aliphatic carbocycles. The van der Waals surface area contributed by atoms with Crippen LogP contribution in [0.25, 0.3) is 0 Å². The second-order valence-corrected chi connectivity index (χ2v) is 6.73. The van der Waals surface area contributed by atoms with Crippen molar-refractivity contribution in [2.75, 3.05) is 18.5 Å². The van der Waals surface area contributed by atoms with Crippen LogP contribution in [0.2, 0.25) is 0 Å². The second kappa shape index (κ2) is 9.63. The second-order valence-electron chi connectivity index (χ2n) is 5.40. The van der Waals surface area contributed by atoms with Gasteiger partial charge in [0, 0.05) is 10.2 Å². The summed E-state index contributed by atoms with van der Waals surface area (Å²) in [5.74, 6) is 1.51. The van der Waals surface area contributed by atoms with Gasteiger partial charge in [0.2, 0.25) is 0 Å². The van der Waals surface area contributed by atoms with E-state index in [0.717, 1.165) is 27.2 Å². The quantitative estimate of drug-likeness (QED) is 0.592. The first kappa shape index (κ1) is 19.5. The monoisotopic (exact) mass is 422 g/mol. The van der Waals surface area contributed by atoms with Crippen molar-refractivity contribution in [3.63, 3.8) is 0 Å². The Morgan fingerprint density at radius 2 is 1.80 bits per heavy atom. The van der Waals surface area contributed by atoms with Crippen LogP contribution in [0.4, 0.5) is 5.69 Å². The van der Waals surface area contributed by atoms with Crippen LogP contribution >= 0.6 is 28.1 Å². The molecule has 0 radical (unpaired) electrons. The van der Waals surface area contributed by atoms with E-state index in [4.69, 9.17) is 21.7 Å². The number of nitrogens with one attached hydrogen (secondary N) is 2. The Labute approximate surface area is 163 Å². The fraction of sp³-hybridized carbons (Fsp3) is 0.316. The molecule has 0 fully saturated rings. The number of hydrogen-bond acceptors (Lipinski definition) is 3. The molecule has 0 saturated heterocycles. The molecule has 2 rings (SSSR count). The summed E-state index contributed by atoms with van der Waals surface area (Å²) in [6.07, 6.45) is 0. The van der Waals surface area contributed by atoms with Crippen molar-refractivity contribution < 1.29 is 9.47 Å². The van der Waals surface area contributed by atoms with E-state index in [9.17, 15) is 0 Å². The first-order valence-electron chi connectivity index (χ1n) is 8.26. The fourth-order valence-corrected chi connectivity index (χ4v) is 3.04. The smallest absolute Gasteiger partial charge is 0.171 e. The number of benzene rings is 2. The van der Waals surface area contributed by atoms with Gasteiger partial charge in [-0.05, 0) is 68.9 Å². The Bertz CT molecular complexity index is 724. The molecule has 0 saturated carbocycles. The molecule has 2 aromatic rings. The maximum absolute atomic E-state index is 5.69. The standard InChI is InChI=1S/C19H23BrN2O2S/c1-4-23-17-10-9-14(11-18(17)24-5-2)13(3)21-19(25)22-16-8-6-7-15(20)12-16/h6-13H,4-5H2,1-3H3,(H2,21,22,25)/t13-/m1/s1. The molecule has 0 aromatic heterocycles. The SMILES string of the molecule is CCOc1ccc([C@@H](C)NC(=S)Nc2cccc(Br)c2)cc1OCC. The van der Waals surface area contributed by atoms with Gasteiger partial charge in [-0.1, -0.05) is 28.1 Å². The van der Waals surface area contributed by atoms with Crippen LogP contribution in [0.3, 0.4) is 0 Å². The normalized spacial score (nSPS) is 11.5. The van der Waals surface area contributed by atoms with Crippen molar-refractivity contribution in [3.8, 4) is 11.5 Å². The van der Waals surface area contributed by atoms with Crippen molar-refractivity contribution in [2.24, 2.45) is 0 Å². The Balaban J connectivity index is 2.05. The first-order chi connectivity index (χ1) is 12.0. The van der Waals surface area contributed by atoms with E-state index in [1.54, 1.807) is 0 Å². The van der Waals surface area contributed by atoms with Gasteiger partial charge in [-0.3, -0.25) is 0 Å². The van der Waals surface area contributed by atoms with Gasteiger partial charge in [-0.25, -0.2) is 0 Å². The molecule has 134 valence electrons. The summed E-state index contributed by atoms with van der Waals surface area (Å²) in [7, 11) is 0. The van der Waals surface area contributed by atoms with Gasteiger partial charge in [0.05, 0.1) is 19.3 Å². The highest BCUT2D eigenvalue weighted by molar-refractivity contribution is 9.10. The maximum atomic E-state index is 5.69. The average Bonchev–Trinajstić information content (AvgIpc) is 2.56. The molecule has 0 amide bonds.